The number of rotatable bonds is 6. The predicted octanol–water partition coefficient (Wildman–Crippen LogP) is 4.54. The van der Waals surface area contributed by atoms with E-state index in [9.17, 15) is 4.79 Å². The molecule has 30 heavy (non-hydrogen) atoms. The molecule has 1 saturated heterocycles. The molecule has 1 aliphatic rings. The van der Waals surface area contributed by atoms with Crippen LogP contribution >= 0.6 is 23.2 Å². The maximum atomic E-state index is 12.3. The first-order valence-corrected chi connectivity index (χ1v) is 10.7. The SMILES string of the molecule is O=C(CN1CCC(c2nc(-c3ccccc3Cl)no2)CC1)NCc1ccc(Cl)cc1. The standard InChI is InChI=1S/C22H22Cl2N4O2/c23-17-7-5-15(6-8-17)13-25-20(29)14-28-11-9-16(10-12-28)22-26-21(27-30-22)18-3-1-2-4-19(18)24/h1-8,16H,9-14H2,(H,25,29). The van der Waals surface area contributed by atoms with Crippen molar-refractivity contribution >= 4 is 29.1 Å². The summed E-state index contributed by atoms with van der Waals surface area (Å²) in [5.41, 5.74) is 1.79. The van der Waals surface area contributed by atoms with Crippen LogP contribution in [-0.4, -0.2) is 40.6 Å². The predicted molar refractivity (Wildman–Crippen MR) is 116 cm³/mol. The molecule has 3 aromatic rings. The summed E-state index contributed by atoms with van der Waals surface area (Å²) in [6, 6.07) is 14.9. The molecular weight excluding hydrogens is 423 g/mol. The Morgan fingerprint density at radius 1 is 1.10 bits per heavy atom. The van der Waals surface area contributed by atoms with Gasteiger partial charge in [-0.15, -0.1) is 0 Å². The molecule has 2 aromatic carbocycles. The average Bonchev–Trinajstić information content (AvgIpc) is 3.24. The second-order valence-corrected chi connectivity index (χ2v) is 8.23. The van der Waals surface area contributed by atoms with Crippen LogP contribution in [0.15, 0.2) is 53.1 Å². The molecule has 1 aliphatic heterocycles. The van der Waals surface area contributed by atoms with Crippen molar-refractivity contribution in [3.05, 3.63) is 70.0 Å². The van der Waals surface area contributed by atoms with Crippen LogP contribution in [-0.2, 0) is 11.3 Å². The zero-order valence-corrected chi connectivity index (χ0v) is 17.9. The van der Waals surface area contributed by atoms with Gasteiger partial charge >= 0.3 is 0 Å². The molecule has 0 saturated carbocycles. The van der Waals surface area contributed by atoms with Gasteiger partial charge in [0.1, 0.15) is 0 Å². The number of piperidine rings is 1. The fourth-order valence-corrected chi connectivity index (χ4v) is 3.90. The summed E-state index contributed by atoms with van der Waals surface area (Å²) in [4.78, 5) is 19.0. The summed E-state index contributed by atoms with van der Waals surface area (Å²) in [7, 11) is 0. The Morgan fingerprint density at radius 3 is 2.57 bits per heavy atom. The first-order valence-electron chi connectivity index (χ1n) is 9.90. The number of amides is 1. The first-order chi connectivity index (χ1) is 14.6. The molecule has 4 rings (SSSR count). The molecule has 1 aromatic heterocycles. The zero-order valence-electron chi connectivity index (χ0n) is 16.4. The number of nitrogens with zero attached hydrogens (tertiary/aromatic N) is 3. The van der Waals surface area contributed by atoms with Gasteiger partial charge in [0.15, 0.2) is 0 Å². The van der Waals surface area contributed by atoms with Gasteiger partial charge < -0.3 is 9.84 Å². The first kappa shape index (κ1) is 20.8. The number of likely N-dealkylation sites (tertiary alicyclic amines) is 1. The van der Waals surface area contributed by atoms with Gasteiger partial charge in [-0.25, -0.2) is 0 Å². The van der Waals surface area contributed by atoms with Crippen LogP contribution in [0, 0.1) is 0 Å². The third-order valence-electron chi connectivity index (χ3n) is 5.26. The highest BCUT2D eigenvalue weighted by Gasteiger charge is 2.26. The maximum absolute atomic E-state index is 12.3. The third kappa shape index (κ3) is 5.19. The van der Waals surface area contributed by atoms with Crippen LogP contribution < -0.4 is 5.32 Å². The van der Waals surface area contributed by atoms with E-state index in [1.807, 2.05) is 48.5 Å². The van der Waals surface area contributed by atoms with E-state index in [-0.39, 0.29) is 11.8 Å². The normalized spacial score (nSPS) is 15.3. The molecule has 0 bridgehead atoms. The van der Waals surface area contributed by atoms with Crippen molar-refractivity contribution in [2.75, 3.05) is 19.6 Å². The molecule has 6 nitrogen and oxygen atoms in total. The van der Waals surface area contributed by atoms with Gasteiger partial charge in [0.25, 0.3) is 0 Å². The lowest BCUT2D eigenvalue weighted by Gasteiger charge is -2.29. The summed E-state index contributed by atoms with van der Waals surface area (Å²) >= 11 is 12.1. The van der Waals surface area contributed by atoms with Crippen molar-refractivity contribution in [2.45, 2.75) is 25.3 Å². The fourth-order valence-electron chi connectivity index (χ4n) is 3.55. The van der Waals surface area contributed by atoms with Crippen LogP contribution in [0.2, 0.25) is 10.0 Å². The average molecular weight is 445 g/mol. The number of nitrogens with one attached hydrogen (secondary N) is 1. The van der Waals surface area contributed by atoms with Crippen LogP contribution in [0.5, 0.6) is 0 Å². The summed E-state index contributed by atoms with van der Waals surface area (Å²) in [6.45, 7) is 2.50. The Labute approximate surface area is 185 Å². The summed E-state index contributed by atoms with van der Waals surface area (Å²) < 4.78 is 5.50. The van der Waals surface area contributed by atoms with Crippen molar-refractivity contribution < 1.29 is 9.32 Å². The van der Waals surface area contributed by atoms with Crippen LogP contribution in [0.25, 0.3) is 11.4 Å². The van der Waals surface area contributed by atoms with Crippen LogP contribution in [0.4, 0.5) is 0 Å². The summed E-state index contributed by atoms with van der Waals surface area (Å²) in [5.74, 6) is 1.36. The number of carbonyl (C=O) groups excluding carboxylic acids is 1. The molecule has 156 valence electrons. The molecule has 0 unspecified atom stereocenters. The number of carbonyl (C=O) groups is 1. The van der Waals surface area contributed by atoms with E-state index in [0.29, 0.717) is 34.8 Å². The Balaban J connectivity index is 1.25. The third-order valence-corrected chi connectivity index (χ3v) is 5.85. The smallest absolute Gasteiger partial charge is 0.234 e. The zero-order chi connectivity index (χ0) is 20.9. The highest BCUT2D eigenvalue weighted by Crippen LogP contribution is 2.30. The van der Waals surface area contributed by atoms with Gasteiger partial charge in [-0.05, 0) is 55.8 Å². The minimum Gasteiger partial charge on any atom is -0.351 e. The second kappa shape index (κ2) is 9.60. The Hall–Kier alpha value is -2.41. The van der Waals surface area contributed by atoms with E-state index in [4.69, 9.17) is 27.7 Å². The number of hydrogen-bond acceptors (Lipinski definition) is 5. The topological polar surface area (TPSA) is 71.3 Å². The van der Waals surface area contributed by atoms with E-state index >= 15 is 0 Å². The molecule has 8 heteroatoms. The van der Waals surface area contributed by atoms with Gasteiger partial charge in [0.2, 0.25) is 17.6 Å². The summed E-state index contributed by atoms with van der Waals surface area (Å²) in [5, 5.41) is 8.34. The molecule has 0 radical (unpaired) electrons. The molecule has 1 amide bonds. The summed E-state index contributed by atoms with van der Waals surface area (Å²) in [6.07, 6.45) is 1.74. The fraction of sp³-hybridized carbons (Fsp3) is 0.318. The minimum atomic E-state index is 0.0159. The molecule has 1 fully saturated rings. The van der Waals surface area contributed by atoms with Crippen molar-refractivity contribution in [2.24, 2.45) is 0 Å². The van der Waals surface area contributed by atoms with E-state index in [2.05, 4.69) is 20.4 Å². The lowest BCUT2D eigenvalue weighted by Crippen LogP contribution is -2.41. The number of benzene rings is 2. The maximum Gasteiger partial charge on any atom is 0.234 e. The van der Waals surface area contributed by atoms with Gasteiger partial charge in [-0.2, -0.15) is 4.98 Å². The van der Waals surface area contributed by atoms with E-state index in [1.54, 1.807) is 0 Å². The molecule has 2 heterocycles. The second-order valence-electron chi connectivity index (χ2n) is 7.39. The quantitative estimate of drug-likeness (QED) is 0.603. The van der Waals surface area contributed by atoms with Crippen molar-refractivity contribution in [3.8, 4) is 11.4 Å². The van der Waals surface area contributed by atoms with Gasteiger partial charge in [0.05, 0.1) is 11.6 Å². The minimum absolute atomic E-state index is 0.0159. The molecule has 0 spiro atoms. The number of hydrogen-bond donors (Lipinski definition) is 1. The molecule has 0 aliphatic carbocycles. The monoisotopic (exact) mass is 444 g/mol. The number of halogens is 2. The van der Waals surface area contributed by atoms with Gasteiger partial charge in [-0.1, -0.05) is 52.6 Å². The Kier molecular flexibility index (Phi) is 6.67. The van der Waals surface area contributed by atoms with E-state index in [0.717, 1.165) is 37.1 Å². The lowest BCUT2D eigenvalue weighted by atomic mass is 9.97. The Bertz CT molecular complexity index is 998. The largest absolute Gasteiger partial charge is 0.351 e. The van der Waals surface area contributed by atoms with E-state index < -0.39 is 0 Å². The number of aromatic nitrogens is 2. The lowest BCUT2D eigenvalue weighted by molar-refractivity contribution is -0.122. The van der Waals surface area contributed by atoms with Crippen molar-refractivity contribution in [3.63, 3.8) is 0 Å². The molecular formula is C22H22Cl2N4O2. The molecule has 0 atom stereocenters. The highest BCUT2D eigenvalue weighted by atomic mass is 35.5. The van der Waals surface area contributed by atoms with E-state index in [1.165, 1.54) is 0 Å². The van der Waals surface area contributed by atoms with Crippen molar-refractivity contribution in [1.29, 1.82) is 0 Å². The van der Waals surface area contributed by atoms with Crippen molar-refractivity contribution in [1.82, 2.24) is 20.4 Å². The van der Waals surface area contributed by atoms with Crippen LogP contribution in [0.3, 0.4) is 0 Å². The molecule has 1 N–H and O–H groups in total. The van der Waals surface area contributed by atoms with Crippen LogP contribution in [0.1, 0.15) is 30.2 Å². The van der Waals surface area contributed by atoms with Gasteiger partial charge in [-0.3, -0.25) is 9.69 Å². The van der Waals surface area contributed by atoms with Gasteiger partial charge in [0, 0.05) is 23.0 Å². The Morgan fingerprint density at radius 2 is 1.83 bits per heavy atom. The highest BCUT2D eigenvalue weighted by molar-refractivity contribution is 6.33.